The third-order valence-electron chi connectivity index (χ3n) is 3.41. The minimum Gasteiger partial charge on any atom is -0.478 e. The van der Waals surface area contributed by atoms with Crippen LogP contribution in [0.4, 0.5) is 13.2 Å². The number of aromatic carboxylic acids is 1. The summed E-state index contributed by atoms with van der Waals surface area (Å²) in [6.45, 7) is 0. The summed E-state index contributed by atoms with van der Waals surface area (Å²) in [5.74, 6) is -1.21. The molecule has 1 fully saturated rings. The molecule has 92 valence electrons. The van der Waals surface area contributed by atoms with Gasteiger partial charge in [-0.25, -0.2) is 4.79 Å². The lowest BCUT2D eigenvalue weighted by molar-refractivity contribution is -0.212. The second-order valence-electron chi connectivity index (χ2n) is 4.32. The van der Waals surface area contributed by atoms with E-state index in [9.17, 15) is 18.0 Å². The Morgan fingerprint density at radius 1 is 1.29 bits per heavy atom. The fraction of sp³-hybridized carbons (Fsp3) is 0.417. The Bertz CT molecular complexity index is 447. The van der Waals surface area contributed by atoms with Crippen LogP contribution in [-0.2, 0) is 5.41 Å². The standard InChI is InChI=1S/C12H11F3O2/c13-12(14,15)11(5-2-6-11)9-4-1-3-8(7-9)10(16)17/h1,3-4,7H,2,5-6H2,(H,16,17). The Hall–Kier alpha value is -1.52. The van der Waals surface area contributed by atoms with Crippen LogP contribution in [0.25, 0.3) is 0 Å². The largest absolute Gasteiger partial charge is 0.478 e. The zero-order valence-electron chi connectivity index (χ0n) is 8.92. The fourth-order valence-corrected chi connectivity index (χ4v) is 2.22. The summed E-state index contributed by atoms with van der Waals surface area (Å²) in [6, 6.07) is 5.16. The minimum absolute atomic E-state index is 0.0412. The molecule has 5 heteroatoms. The van der Waals surface area contributed by atoms with Crippen molar-refractivity contribution in [3.05, 3.63) is 35.4 Å². The number of rotatable bonds is 2. The van der Waals surface area contributed by atoms with Gasteiger partial charge in [-0.1, -0.05) is 18.6 Å². The Morgan fingerprint density at radius 2 is 1.94 bits per heavy atom. The molecule has 0 atom stereocenters. The van der Waals surface area contributed by atoms with E-state index < -0.39 is 17.6 Å². The molecule has 2 rings (SSSR count). The normalized spacial score (nSPS) is 18.5. The van der Waals surface area contributed by atoms with Crippen molar-refractivity contribution in [1.29, 1.82) is 0 Å². The molecule has 1 saturated carbocycles. The van der Waals surface area contributed by atoms with Crippen molar-refractivity contribution in [2.24, 2.45) is 0 Å². The second kappa shape index (κ2) is 3.75. The fourth-order valence-electron chi connectivity index (χ4n) is 2.22. The average Bonchev–Trinajstić information content (AvgIpc) is 2.13. The van der Waals surface area contributed by atoms with Crippen LogP contribution in [0, 0.1) is 0 Å². The van der Waals surface area contributed by atoms with Crippen LogP contribution in [-0.4, -0.2) is 17.3 Å². The molecule has 0 unspecified atom stereocenters. The van der Waals surface area contributed by atoms with Gasteiger partial charge in [-0.3, -0.25) is 0 Å². The first-order chi connectivity index (χ1) is 7.87. The van der Waals surface area contributed by atoms with Crippen LogP contribution in [0.3, 0.4) is 0 Å². The smallest absolute Gasteiger partial charge is 0.398 e. The van der Waals surface area contributed by atoms with E-state index in [1.54, 1.807) is 0 Å². The van der Waals surface area contributed by atoms with Gasteiger partial charge in [-0.2, -0.15) is 13.2 Å². The van der Waals surface area contributed by atoms with Gasteiger partial charge in [0.25, 0.3) is 0 Å². The van der Waals surface area contributed by atoms with E-state index >= 15 is 0 Å². The zero-order valence-corrected chi connectivity index (χ0v) is 8.92. The maximum atomic E-state index is 13.0. The van der Waals surface area contributed by atoms with Crippen LogP contribution >= 0.6 is 0 Å². The Morgan fingerprint density at radius 3 is 2.35 bits per heavy atom. The highest BCUT2D eigenvalue weighted by Gasteiger charge is 2.59. The molecule has 0 saturated heterocycles. The molecule has 17 heavy (non-hydrogen) atoms. The molecule has 0 heterocycles. The van der Waals surface area contributed by atoms with Crippen molar-refractivity contribution < 1.29 is 23.1 Å². The minimum atomic E-state index is -4.32. The van der Waals surface area contributed by atoms with E-state index in [0.717, 1.165) is 6.07 Å². The maximum absolute atomic E-state index is 13.0. The van der Waals surface area contributed by atoms with E-state index in [4.69, 9.17) is 5.11 Å². The van der Waals surface area contributed by atoms with Gasteiger partial charge in [0, 0.05) is 0 Å². The van der Waals surface area contributed by atoms with Gasteiger partial charge < -0.3 is 5.11 Å². The zero-order chi connectivity index (χ0) is 12.7. The number of carboxylic acid groups (broad SMARTS) is 1. The molecule has 1 aliphatic carbocycles. The van der Waals surface area contributed by atoms with Crippen LogP contribution < -0.4 is 0 Å². The van der Waals surface area contributed by atoms with Gasteiger partial charge >= 0.3 is 12.1 Å². The third-order valence-corrected chi connectivity index (χ3v) is 3.41. The van der Waals surface area contributed by atoms with Crippen LogP contribution in [0.2, 0.25) is 0 Å². The molecule has 0 bridgehead atoms. The summed E-state index contributed by atoms with van der Waals surface area (Å²) in [4.78, 5) is 10.8. The lowest BCUT2D eigenvalue weighted by atomic mass is 9.63. The van der Waals surface area contributed by atoms with Gasteiger partial charge in [-0.05, 0) is 30.5 Å². The molecule has 1 aliphatic rings. The molecular weight excluding hydrogens is 233 g/mol. The van der Waals surface area contributed by atoms with E-state index in [1.807, 2.05) is 0 Å². The van der Waals surface area contributed by atoms with Crippen molar-refractivity contribution in [2.75, 3.05) is 0 Å². The van der Waals surface area contributed by atoms with Gasteiger partial charge in [0.2, 0.25) is 0 Å². The third kappa shape index (κ3) is 1.79. The summed E-state index contributed by atoms with van der Waals surface area (Å²) >= 11 is 0. The topological polar surface area (TPSA) is 37.3 Å². The summed E-state index contributed by atoms with van der Waals surface area (Å²) in [5, 5.41) is 8.79. The molecule has 1 N–H and O–H groups in total. The quantitative estimate of drug-likeness (QED) is 0.866. The SMILES string of the molecule is O=C(O)c1cccc(C2(C(F)(F)F)CCC2)c1. The van der Waals surface area contributed by atoms with E-state index in [0.29, 0.717) is 6.42 Å². The number of hydrogen-bond donors (Lipinski definition) is 1. The molecule has 0 aliphatic heterocycles. The predicted octanol–water partition coefficient (Wildman–Crippen LogP) is 3.37. The van der Waals surface area contributed by atoms with Crippen molar-refractivity contribution in [3.63, 3.8) is 0 Å². The molecule has 0 aromatic heterocycles. The van der Waals surface area contributed by atoms with E-state index in [2.05, 4.69) is 0 Å². The van der Waals surface area contributed by atoms with Gasteiger partial charge in [0.1, 0.15) is 0 Å². The molecule has 1 aromatic rings. The first-order valence-electron chi connectivity index (χ1n) is 5.27. The lowest BCUT2D eigenvalue weighted by Gasteiger charge is -2.43. The Kier molecular flexibility index (Phi) is 2.64. The Balaban J connectivity index is 2.45. The number of carbonyl (C=O) groups is 1. The number of hydrogen-bond acceptors (Lipinski definition) is 1. The van der Waals surface area contributed by atoms with Crippen LogP contribution in [0.5, 0.6) is 0 Å². The average molecular weight is 244 g/mol. The second-order valence-corrected chi connectivity index (χ2v) is 4.32. The van der Waals surface area contributed by atoms with Crippen LogP contribution in [0.15, 0.2) is 24.3 Å². The van der Waals surface area contributed by atoms with E-state index in [1.165, 1.54) is 18.2 Å². The lowest BCUT2D eigenvalue weighted by Crippen LogP contribution is -2.48. The first kappa shape index (κ1) is 12.0. The van der Waals surface area contributed by atoms with Crippen molar-refractivity contribution >= 4 is 5.97 Å². The van der Waals surface area contributed by atoms with Gasteiger partial charge in [0.15, 0.2) is 0 Å². The first-order valence-corrected chi connectivity index (χ1v) is 5.27. The number of carboxylic acids is 1. The molecule has 2 nitrogen and oxygen atoms in total. The summed E-state index contributed by atoms with van der Waals surface area (Å²) in [6.07, 6.45) is -3.71. The van der Waals surface area contributed by atoms with Gasteiger partial charge in [0.05, 0.1) is 11.0 Å². The predicted molar refractivity (Wildman–Crippen MR) is 55.0 cm³/mol. The summed E-state index contributed by atoms with van der Waals surface area (Å²) < 4.78 is 39.1. The van der Waals surface area contributed by atoms with Crippen molar-refractivity contribution in [2.45, 2.75) is 30.9 Å². The number of benzene rings is 1. The van der Waals surface area contributed by atoms with Crippen molar-refractivity contribution in [1.82, 2.24) is 0 Å². The monoisotopic (exact) mass is 244 g/mol. The number of halogens is 3. The highest BCUT2D eigenvalue weighted by atomic mass is 19.4. The molecule has 0 radical (unpaired) electrons. The maximum Gasteiger partial charge on any atom is 0.398 e. The summed E-state index contributed by atoms with van der Waals surface area (Å²) in [7, 11) is 0. The van der Waals surface area contributed by atoms with Crippen LogP contribution in [0.1, 0.15) is 35.2 Å². The highest BCUT2D eigenvalue weighted by Crippen LogP contribution is 2.54. The van der Waals surface area contributed by atoms with E-state index in [-0.39, 0.29) is 24.0 Å². The number of alkyl halides is 3. The Labute approximate surface area is 96.1 Å². The molecular formula is C12H11F3O2. The molecule has 0 amide bonds. The van der Waals surface area contributed by atoms with Gasteiger partial charge in [-0.15, -0.1) is 0 Å². The molecule has 0 spiro atoms. The molecule has 1 aromatic carbocycles. The van der Waals surface area contributed by atoms with Crippen molar-refractivity contribution in [3.8, 4) is 0 Å². The highest BCUT2D eigenvalue weighted by molar-refractivity contribution is 5.87. The summed E-state index contributed by atoms with van der Waals surface area (Å²) in [5.41, 5.74) is -1.87.